The molecule has 0 aromatic heterocycles. The van der Waals surface area contributed by atoms with Gasteiger partial charge in [0.15, 0.2) is 11.5 Å². The molecule has 1 aromatic rings. The average molecular weight is 215 g/mol. The Kier molecular flexibility index (Phi) is 2.26. The van der Waals surface area contributed by atoms with Gasteiger partial charge in [-0.3, -0.25) is 0 Å². The van der Waals surface area contributed by atoms with Gasteiger partial charge in [0.25, 0.3) is 0 Å². The Labute approximate surface area is 85.8 Å². The van der Waals surface area contributed by atoms with E-state index in [1.54, 1.807) is 12.1 Å². The molecule has 0 saturated carbocycles. The number of ether oxygens (including phenoxy) is 2. The minimum absolute atomic E-state index is 0.0430. The van der Waals surface area contributed by atoms with Crippen LogP contribution in [0, 0.1) is 0 Å². The van der Waals surface area contributed by atoms with Crippen molar-refractivity contribution in [1.82, 2.24) is 0 Å². The van der Waals surface area contributed by atoms with Gasteiger partial charge in [-0.05, 0) is 12.5 Å². The zero-order chi connectivity index (χ0) is 11.1. The Morgan fingerprint density at radius 3 is 2.80 bits per heavy atom. The highest BCUT2D eigenvalue weighted by Gasteiger charge is 2.44. The normalized spacial score (nSPS) is 18.9. The van der Waals surface area contributed by atoms with Crippen LogP contribution < -0.4 is 15.2 Å². The second-order valence-electron chi connectivity index (χ2n) is 3.36. The molecular weight excluding hydrogens is 204 g/mol. The molecule has 0 aliphatic carbocycles. The lowest BCUT2D eigenvalue weighted by molar-refractivity contribution is -0.287. The smallest absolute Gasteiger partial charge is 0.395 e. The molecule has 0 bridgehead atoms. The highest BCUT2D eigenvalue weighted by Crippen LogP contribution is 2.44. The summed E-state index contributed by atoms with van der Waals surface area (Å²) in [4.78, 5) is 0. The first-order valence-corrected chi connectivity index (χ1v) is 4.68. The lowest BCUT2D eigenvalue weighted by atomic mass is 10.0. The molecule has 0 radical (unpaired) electrons. The fraction of sp³-hybridized carbons (Fsp3) is 0.400. The minimum Gasteiger partial charge on any atom is -0.395 e. The quantitative estimate of drug-likeness (QED) is 0.823. The van der Waals surface area contributed by atoms with Gasteiger partial charge in [0.1, 0.15) is 0 Å². The van der Waals surface area contributed by atoms with E-state index >= 15 is 0 Å². The summed E-state index contributed by atoms with van der Waals surface area (Å²) in [6.07, 6.45) is -2.93. The summed E-state index contributed by atoms with van der Waals surface area (Å²) >= 11 is 0. The largest absolute Gasteiger partial charge is 0.586 e. The van der Waals surface area contributed by atoms with Crippen LogP contribution >= 0.6 is 0 Å². The highest BCUT2D eigenvalue weighted by atomic mass is 19.3. The molecule has 1 heterocycles. The number of alkyl halides is 2. The summed E-state index contributed by atoms with van der Waals surface area (Å²) in [6, 6.07) is 4.39. The first kappa shape index (κ1) is 10.2. The molecule has 0 spiro atoms. The van der Waals surface area contributed by atoms with Crippen LogP contribution in [0.1, 0.15) is 24.9 Å². The van der Waals surface area contributed by atoms with Gasteiger partial charge in [-0.1, -0.05) is 19.1 Å². The fourth-order valence-corrected chi connectivity index (χ4v) is 1.50. The predicted octanol–water partition coefficient (Wildman–Crippen LogP) is 2.42. The van der Waals surface area contributed by atoms with Crippen molar-refractivity contribution in [2.75, 3.05) is 0 Å². The maximum Gasteiger partial charge on any atom is 0.586 e. The Hall–Kier alpha value is -1.36. The number of fused-ring (bicyclic) bond motifs is 1. The molecule has 0 amide bonds. The molecular formula is C10H11F2NO2. The Balaban J connectivity index is 2.41. The monoisotopic (exact) mass is 215 g/mol. The van der Waals surface area contributed by atoms with E-state index in [4.69, 9.17) is 5.73 Å². The predicted molar refractivity (Wildman–Crippen MR) is 49.9 cm³/mol. The van der Waals surface area contributed by atoms with Crippen molar-refractivity contribution in [1.29, 1.82) is 0 Å². The first-order chi connectivity index (χ1) is 7.03. The van der Waals surface area contributed by atoms with Crippen molar-refractivity contribution in [2.45, 2.75) is 25.7 Å². The SMILES string of the molecule is CCC(N)c1cccc2c1OC(F)(F)O2. The molecule has 0 fully saturated rings. The maximum atomic E-state index is 12.8. The summed E-state index contributed by atoms with van der Waals surface area (Å²) in [5, 5.41) is 0. The third-order valence-corrected chi connectivity index (χ3v) is 2.30. The van der Waals surface area contributed by atoms with Crippen LogP contribution in [0.15, 0.2) is 18.2 Å². The van der Waals surface area contributed by atoms with Gasteiger partial charge in [0.2, 0.25) is 0 Å². The van der Waals surface area contributed by atoms with Crippen LogP contribution in [0.2, 0.25) is 0 Å². The molecule has 1 aliphatic heterocycles. The summed E-state index contributed by atoms with van der Waals surface area (Å²) in [5.41, 5.74) is 6.32. The first-order valence-electron chi connectivity index (χ1n) is 4.68. The van der Waals surface area contributed by atoms with Gasteiger partial charge in [-0.15, -0.1) is 8.78 Å². The van der Waals surface area contributed by atoms with E-state index in [0.717, 1.165) is 0 Å². The van der Waals surface area contributed by atoms with Crippen LogP contribution in [0.25, 0.3) is 0 Å². The van der Waals surface area contributed by atoms with Gasteiger partial charge in [-0.2, -0.15) is 0 Å². The van der Waals surface area contributed by atoms with E-state index < -0.39 is 6.29 Å². The van der Waals surface area contributed by atoms with Crippen molar-refractivity contribution in [3.63, 3.8) is 0 Å². The van der Waals surface area contributed by atoms with Crippen molar-refractivity contribution >= 4 is 0 Å². The van der Waals surface area contributed by atoms with E-state index in [-0.39, 0.29) is 17.5 Å². The van der Waals surface area contributed by atoms with Crippen molar-refractivity contribution < 1.29 is 18.3 Å². The Morgan fingerprint density at radius 2 is 2.13 bits per heavy atom. The molecule has 5 heteroatoms. The summed E-state index contributed by atoms with van der Waals surface area (Å²) in [7, 11) is 0. The van der Waals surface area contributed by atoms with Crippen LogP contribution in [-0.4, -0.2) is 6.29 Å². The van der Waals surface area contributed by atoms with Crippen molar-refractivity contribution in [2.24, 2.45) is 5.73 Å². The molecule has 3 nitrogen and oxygen atoms in total. The standard InChI is InChI=1S/C10H11F2NO2/c1-2-7(13)6-4-3-5-8-9(6)15-10(11,12)14-8/h3-5,7H,2,13H2,1H3. The van der Waals surface area contributed by atoms with Gasteiger partial charge in [0, 0.05) is 11.6 Å². The molecule has 2 N–H and O–H groups in total. The second kappa shape index (κ2) is 3.34. The summed E-state index contributed by atoms with van der Waals surface area (Å²) in [5.74, 6) is 0.0956. The number of rotatable bonds is 2. The van der Waals surface area contributed by atoms with Gasteiger partial charge < -0.3 is 15.2 Å². The van der Waals surface area contributed by atoms with Crippen LogP contribution in [0.3, 0.4) is 0 Å². The maximum absolute atomic E-state index is 12.8. The van der Waals surface area contributed by atoms with E-state index in [1.165, 1.54) is 6.07 Å². The number of hydrogen-bond donors (Lipinski definition) is 1. The van der Waals surface area contributed by atoms with Crippen molar-refractivity contribution in [3.8, 4) is 11.5 Å². The fourth-order valence-electron chi connectivity index (χ4n) is 1.50. The molecule has 15 heavy (non-hydrogen) atoms. The minimum atomic E-state index is -3.58. The van der Waals surface area contributed by atoms with Gasteiger partial charge >= 0.3 is 6.29 Å². The number of halogens is 2. The zero-order valence-electron chi connectivity index (χ0n) is 8.17. The molecule has 0 saturated heterocycles. The van der Waals surface area contributed by atoms with E-state index in [1.807, 2.05) is 6.92 Å². The summed E-state index contributed by atoms with van der Waals surface area (Å²) < 4.78 is 34.3. The Morgan fingerprint density at radius 1 is 1.40 bits per heavy atom. The Bertz CT molecular complexity index is 382. The van der Waals surface area contributed by atoms with E-state index in [9.17, 15) is 8.78 Å². The van der Waals surface area contributed by atoms with Gasteiger partial charge in [-0.25, -0.2) is 0 Å². The van der Waals surface area contributed by atoms with Crippen molar-refractivity contribution in [3.05, 3.63) is 23.8 Å². The van der Waals surface area contributed by atoms with Gasteiger partial charge in [0.05, 0.1) is 0 Å². The van der Waals surface area contributed by atoms with Crippen LogP contribution in [-0.2, 0) is 0 Å². The lowest BCUT2D eigenvalue weighted by Crippen LogP contribution is -2.26. The molecule has 82 valence electrons. The topological polar surface area (TPSA) is 44.5 Å². The third-order valence-electron chi connectivity index (χ3n) is 2.30. The molecule has 1 unspecified atom stereocenters. The van der Waals surface area contributed by atoms with Crippen LogP contribution in [0.4, 0.5) is 8.78 Å². The number of nitrogens with two attached hydrogens (primary N) is 1. The second-order valence-corrected chi connectivity index (χ2v) is 3.36. The number of para-hydroxylation sites is 1. The third kappa shape index (κ3) is 1.74. The average Bonchev–Trinajstić information content (AvgIpc) is 2.49. The highest BCUT2D eigenvalue weighted by molar-refractivity contribution is 5.50. The number of hydrogen-bond acceptors (Lipinski definition) is 3. The van der Waals surface area contributed by atoms with Crippen LogP contribution in [0.5, 0.6) is 11.5 Å². The molecule has 1 atom stereocenters. The zero-order valence-corrected chi connectivity index (χ0v) is 8.17. The molecule has 2 rings (SSSR count). The summed E-state index contributed by atoms with van der Waals surface area (Å²) in [6.45, 7) is 1.87. The lowest BCUT2D eigenvalue weighted by Gasteiger charge is -2.11. The van der Waals surface area contributed by atoms with E-state index in [2.05, 4.69) is 9.47 Å². The number of benzene rings is 1. The molecule has 1 aliphatic rings. The molecule has 1 aromatic carbocycles. The van der Waals surface area contributed by atoms with E-state index in [0.29, 0.717) is 12.0 Å².